The van der Waals surface area contributed by atoms with Gasteiger partial charge in [0, 0.05) is 17.1 Å². The summed E-state index contributed by atoms with van der Waals surface area (Å²) < 4.78 is 13.7. The predicted octanol–water partition coefficient (Wildman–Crippen LogP) is 6.59. The minimum Gasteiger partial charge on any atom is -0.490 e. The van der Waals surface area contributed by atoms with E-state index in [0.717, 1.165) is 47.5 Å². The van der Waals surface area contributed by atoms with Gasteiger partial charge in [0.05, 0.1) is 18.8 Å². The zero-order valence-corrected chi connectivity index (χ0v) is 23.7. The summed E-state index contributed by atoms with van der Waals surface area (Å²) >= 11 is 1.63. The number of aryl methyl sites for hydroxylation is 1. The van der Waals surface area contributed by atoms with E-state index in [4.69, 9.17) is 19.6 Å². The Morgan fingerprint density at radius 2 is 1.92 bits per heavy atom. The summed E-state index contributed by atoms with van der Waals surface area (Å²) in [6.07, 6.45) is 3.09. The minimum absolute atomic E-state index is 0.198. The highest BCUT2D eigenvalue weighted by atomic mass is 32.2. The summed E-state index contributed by atoms with van der Waals surface area (Å²) in [6, 6.07) is 13.1. The molecule has 0 spiro atoms. The molecule has 9 heteroatoms. The molecule has 1 aromatic heterocycles. The third-order valence-electron chi connectivity index (χ3n) is 6.13. The second-order valence-corrected chi connectivity index (χ2v) is 10.3. The van der Waals surface area contributed by atoms with Crippen LogP contribution >= 0.6 is 11.8 Å². The van der Waals surface area contributed by atoms with Crippen LogP contribution in [-0.4, -0.2) is 39.6 Å². The van der Waals surface area contributed by atoms with E-state index in [2.05, 4.69) is 24.5 Å². The van der Waals surface area contributed by atoms with Crippen molar-refractivity contribution in [1.82, 2.24) is 14.8 Å². The number of nitrogens with zero attached hydrogens (tertiary/aromatic N) is 3. The van der Waals surface area contributed by atoms with Crippen LogP contribution in [0.4, 0.5) is 11.6 Å². The molecule has 0 bridgehead atoms. The van der Waals surface area contributed by atoms with Crippen molar-refractivity contribution in [2.45, 2.75) is 65.1 Å². The Bertz CT molecular complexity index is 1300. The van der Waals surface area contributed by atoms with Crippen molar-refractivity contribution < 1.29 is 14.3 Å². The van der Waals surface area contributed by atoms with E-state index in [9.17, 15) is 4.79 Å². The number of nitrogens with one attached hydrogen (secondary N) is 2. The molecule has 2 aromatic carbocycles. The van der Waals surface area contributed by atoms with Crippen LogP contribution in [-0.2, 0) is 4.79 Å². The van der Waals surface area contributed by atoms with Gasteiger partial charge in [-0.3, -0.25) is 4.79 Å². The van der Waals surface area contributed by atoms with E-state index >= 15 is 0 Å². The lowest BCUT2D eigenvalue weighted by molar-refractivity contribution is -0.113. The largest absolute Gasteiger partial charge is 0.490 e. The number of rotatable bonds is 12. The number of carbonyl (C=O) groups excluding carboxylic acids is 1. The number of unbranched alkanes of at least 4 members (excludes halogenated alkanes) is 1. The first-order valence-corrected chi connectivity index (χ1v) is 14.3. The predicted molar refractivity (Wildman–Crippen MR) is 153 cm³/mol. The van der Waals surface area contributed by atoms with Crippen molar-refractivity contribution in [1.29, 1.82) is 0 Å². The highest BCUT2D eigenvalue weighted by Gasteiger charge is 2.35. The Morgan fingerprint density at radius 3 is 2.66 bits per heavy atom. The van der Waals surface area contributed by atoms with Crippen LogP contribution in [0.1, 0.15) is 64.1 Å². The number of amides is 1. The molecule has 202 valence electrons. The number of benzene rings is 2. The molecule has 1 aliphatic rings. The quantitative estimate of drug-likeness (QED) is 0.200. The van der Waals surface area contributed by atoms with Gasteiger partial charge >= 0.3 is 0 Å². The molecule has 2 N–H and O–H groups in total. The second kappa shape index (κ2) is 12.9. The molecule has 0 fully saturated rings. The molecule has 4 rings (SSSR count). The second-order valence-electron chi connectivity index (χ2n) is 9.24. The molecular formula is C29H37N5O3S. The maximum Gasteiger partial charge on any atom is 0.255 e. The number of allylic oxidation sites excluding steroid dienone is 1. The van der Waals surface area contributed by atoms with E-state index in [0.29, 0.717) is 41.4 Å². The average Bonchev–Trinajstić information content (AvgIpc) is 3.29. The first-order valence-electron chi connectivity index (χ1n) is 13.3. The zero-order valence-electron chi connectivity index (χ0n) is 22.8. The van der Waals surface area contributed by atoms with Crippen LogP contribution < -0.4 is 20.1 Å². The monoisotopic (exact) mass is 535 g/mol. The van der Waals surface area contributed by atoms with Crippen LogP contribution in [0.2, 0.25) is 0 Å². The molecule has 1 atom stereocenters. The number of aromatic nitrogens is 3. The van der Waals surface area contributed by atoms with E-state index in [1.165, 1.54) is 0 Å². The summed E-state index contributed by atoms with van der Waals surface area (Å²) in [6.45, 7) is 11.2. The Labute approximate surface area is 229 Å². The number of hydrogen-bond donors (Lipinski definition) is 2. The Morgan fingerprint density at radius 1 is 1.08 bits per heavy atom. The van der Waals surface area contributed by atoms with E-state index in [1.807, 2.05) is 67.9 Å². The fourth-order valence-electron chi connectivity index (χ4n) is 4.32. The first kappa shape index (κ1) is 27.6. The number of hydrogen-bond acceptors (Lipinski definition) is 7. The summed E-state index contributed by atoms with van der Waals surface area (Å²) in [5.74, 6) is 2.69. The van der Waals surface area contributed by atoms with Crippen molar-refractivity contribution in [3.8, 4) is 11.5 Å². The summed E-state index contributed by atoms with van der Waals surface area (Å²) in [5, 5.41) is 11.9. The molecule has 38 heavy (non-hydrogen) atoms. The van der Waals surface area contributed by atoms with Crippen LogP contribution in [0, 0.1) is 6.92 Å². The van der Waals surface area contributed by atoms with Gasteiger partial charge < -0.3 is 20.1 Å². The van der Waals surface area contributed by atoms with Gasteiger partial charge in [-0.2, -0.15) is 4.98 Å². The molecule has 2 heterocycles. The number of ether oxygens (including phenoxy) is 2. The minimum atomic E-state index is -0.497. The third kappa shape index (κ3) is 6.32. The molecule has 0 saturated carbocycles. The number of carbonyl (C=O) groups is 1. The molecule has 3 aromatic rings. The maximum atomic E-state index is 13.8. The van der Waals surface area contributed by atoms with Crippen molar-refractivity contribution in [2.24, 2.45) is 0 Å². The number of thioether (sulfide) groups is 1. The van der Waals surface area contributed by atoms with Crippen LogP contribution in [0.3, 0.4) is 0 Å². The molecule has 1 amide bonds. The van der Waals surface area contributed by atoms with Gasteiger partial charge in [0.15, 0.2) is 11.5 Å². The van der Waals surface area contributed by atoms with Crippen molar-refractivity contribution in [3.05, 3.63) is 64.9 Å². The molecule has 1 unspecified atom stereocenters. The smallest absolute Gasteiger partial charge is 0.255 e. The van der Waals surface area contributed by atoms with E-state index in [-0.39, 0.29) is 5.91 Å². The highest BCUT2D eigenvalue weighted by Crippen LogP contribution is 2.40. The van der Waals surface area contributed by atoms with E-state index in [1.54, 1.807) is 11.8 Å². The van der Waals surface area contributed by atoms with Gasteiger partial charge in [0.1, 0.15) is 6.04 Å². The van der Waals surface area contributed by atoms with E-state index < -0.39 is 6.04 Å². The highest BCUT2D eigenvalue weighted by molar-refractivity contribution is 7.99. The van der Waals surface area contributed by atoms with Gasteiger partial charge in [-0.15, -0.1) is 5.10 Å². The first-order chi connectivity index (χ1) is 18.4. The number of anilines is 2. The zero-order chi connectivity index (χ0) is 27.1. The third-order valence-corrected chi connectivity index (χ3v) is 7.05. The Kier molecular flexibility index (Phi) is 9.33. The molecular weight excluding hydrogens is 498 g/mol. The molecule has 1 aliphatic heterocycles. The van der Waals surface area contributed by atoms with Gasteiger partial charge in [-0.05, 0) is 69.0 Å². The van der Waals surface area contributed by atoms with Crippen LogP contribution in [0.25, 0.3) is 0 Å². The summed E-state index contributed by atoms with van der Waals surface area (Å²) in [4.78, 5) is 18.5. The summed E-state index contributed by atoms with van der Waals surface area (Å²) in [7, 11) is 0. The van der Waals surface area contributed by atoms with Crippen LogP contribution in [0.15, 0.2) is 58.9 Å². The van der Waals surface area contributed by atoms with Crippen molar-refractivity contribution in [3.63, 3.8) is 0 Å². The lowest BCUT2D eigenvalue weighted by Gasteiger charge is -2.29. The van der Waals surface area contributed by atoms with Crippen molar-refractivity contribution >= 4 is 29.3 Å². The molecule has 0 radical (unpaired) electrons. The standard InChI is InChI=1S/C29H37N5O3S/c1-6-9-16-38-29-32-28-30-20(5)25(27(35)31-22-12-10-11-19(4)17-22)26(34(28)33-29)21-13-14-23(37-15-7-2)24(18-21)36-8-3/h10-14,17-18,26H,6-9,15-16H2,1-5H3,(H,31,35)(H,30,32,33). The SMILES string of the molecule is CCCCSc1nc2n(n1)C(c1ccc(OCCC)c(OCC)c1)C(C(=O)Nc1cccc(C)c1)=C(C)N2. The average molecular weight is 536 g/mol. The van der Waals surface area contributed by atoms with Gasteiger partial charge in [0.2, 0.25) is 11.1 Å². The fraction of sp³-hybridized carbons (Fsp3) is 0.414. The molecule has 0 aliphatic carbocycles. The Hall–Kier alpha value is -3.46. The number of fused-ring (bicyclic) bond motifs is 1. The van der Waals surface area contributed by atoms with Crippen molar-refractivity contribution in [2.75, 3.05) is 29.6 Å². The summed E-state index contributed by atoms with van der Waals surface area (Å²) in [5.41, 5.74) is 3.98. The van der Waals surface area contributed by atoms with Gasteiger partial charge in [-0.1, -0.05) is 50.2 Å². The fourth-order valence-corrected chi connectivity index (χ4v) is 5.23. The van der Waals surface area contributed by atoms with Gasteiger partial charge in [0.25, 0.3) is 5.91 Å². The topological polar surface area (TPSA) is 90.3 Å². The molecule has 8 nitrogen and oxygen atoms in total. The normalized spacial score (nSPS) is 14.6. The Balaban J connectivity index is 1.77. The van der Waals surface area contributed by atoms with Crippen LogP contribution in [0.5, 0.6) is 11.5 Å². The molecule has 0 saturated heterocycles. The van der Waals surface area contributed by atoms with Gasteiger partial charge in [-0.25, -0.2) is 4.68 Å². The lowest BCUT2D eigenvalue weighted by Crippen LogP contribution is -2.31. The lowest BCUT2D eigenvalue weighted by atomic mass is 9.94. The maximum absolute atomic E-state index is 13.8.